The Labute approximate surface area is 164 Å². The van der Waals surface area contributed by atoms with Gasteiger partial charge in [0.25, 0.3) is 5.91 Å². The van der Waals surface area contributed by atoms with Crippen molar-refractivity contribution >= 4 is 23.4 Å². The fourth-order valence-electron chi connectivity index (χ4n) is 2.86. The third kappa shape index (κ3) is 4.99. The van der Waals surface area contributed by atoms with Gasteiger partial charge in [0.1, 0.15) is 11.3 Å². The number of nitrogens with zero attached hydrogens (tertiary/aromatic N) is 5. The van der Waals surface area contributed by atoms with Crippen LogP contribution in [0.15, 0.2) is 30.7 Å². The summed E-state index contributed by atoms with van der Waals surface area (Å²) in [5.74, 6) is -0.283. The number of carbonyl (C=O) groups is 2. The van der Waals surface area contributed by atoms with Crippen LogP contribution >= 0.6 is 0 Å². The van der Waals surface area contributed by atoms with Gasteiger partial charge in [-0.15, -0.1) is 0 Å². The molecule has 0 unspecified atom stereocenters. The second-order valence-corrected chi connectivity index (χ2v) is 7.71. The van der Waals surface area contributed by atoms with Gasteiger partial charge in [-0.3, -0.25) is 9.48 Å². The highest BCUT2D eigenvalue weighted by Crippen LogP contribution is 2.18. The van der Waals surface area contributed by atoms with Crippen molar-refractivity contribution in [1.82, 2.24) is 19.7 Å². The number of rotatable bonds is 3. The molecule has 1 fully saturated rings. The fraction of sp³-hybridized carbons (Fsp3) is 0.474. The third-order valence-corrected chi connectivity index (χ3v) is 4.24. The van der Waals surface area contributed by atoms with Gasteiger partial charge in [0, 0.05) is 39.4 Å². The van der Waals surface area contributed by atoms with Crippen molar-refractivity contribution in [2.45, 2.75) is 26.4 Å². The molecule has 0 atom stereocenters. The lowest BCUT2D eigenvalue weighted by atomic mass is 10.2. The van der Waals surface area contributed by atoms with Crippen LogP contribution in [0.4, 0.5) is 16.2 Å². The molecule has 9 nitrogen and oxygen atoms in total. The van der Waals surface area contributed by atoms with E-state index in [9.17, 15) is 9.59 Å². The van der Waals surface area contributed by atoms with E-state index in [1.165, 1.54) is 0 Å². The number of ether oxygens (including phenoxy) is 1. The zero-order valence-corrected chi connectivity index (χ0v) is 16.7. The zero-order valence-electron chi connectivity index (χ0n) is 16.7. The van der Waals surface area contributed by atoms with E-state index >= 15 is 0 Å². The first-order chi connectivity index (χ1) is 13.2. The van der Waals surface area contributed by atoms with E-state index in [4.69, 9.17) is 4.74 Å². The highest BCUT2D eigenvalue weighted by atomic mass is 16.6. The van der Waals surface area contributed by atoms with Crippen molar-refractivity contribution in [3.8, 4) is 0 Å². The van der Waals surface area contributed by atoms with Crippen LogP contribution in [0.5, 0.6) is 0 Å². The number of aromatic nitrogens is 3. The predicted molar refractivity (Wildman–Crippen MR) is 105 cm³/mol. The molecule has 1 N–H and O–H groups in total. The number of nitrogens with one attached hydrogen (secondary N) is 1. The Morgan fingerprint density at radius 3 is 2.36 bits per heavy atom. The maximum absolute atomic E-state index is 12.3. The number of amides is 2. The summed E-state index contributed by atoms with van der Waals surface area (Å²) < 4.78 is 7.03. The molecule has 2 aromatic heterocycles. The maximum atomic E-state index is 12.3. The molecule has 0 aromatic carbocycles. The largest absolute Gasteiger partial charge is 0.444 e. The van der Waals surface area contributed by atoms with E-state index in [1.54, 1.807) is 41.3 Å². The normalized spacial score (nSPS) is 14.7. The van der Waals surface area contributed by atoms with Crippen LogP contribution in [0.3, 0.4) is 0 Å². The van der Waals surface area contributed by atoms with Crippen LogP contribution in [0.2, 0.25) is 0 Å². The Kier molecular flexibility index (Phi) is 5.53. The number of hydrogen-bond acceptors (Lipinski definition) is 6. The minimum atomic E-state index is -0.496. The number of piperazine rings is 1. The second-order valence-electron chi connectivity index (χ2n) is 7.71. The highest BCUT2D eigenvalue weighted by molar-refractivity contribution is 6.02. The lowest BCUT2D eigenvalue weighted by Crippen LogP contribution is -2.50. The summed E-state index contributed by atoms with van der Waals surface area (Å²) in [5, 5.41) is 6.77. The minimum Gasteiger partial charge on any atom is -0.444 e. The molecule has 0 bridgehead atoms. The molecule has 1 aliphatic rings. The number of hydrogen-bond donors (Lipinski definition) is 1. The first-order valence-corrected chi connectivity index (χ1v) is 9.20. The molecular formula is C19H26N6O3. The molecule has 3 rings (SSSR count). The molecule has 2 amide bonds. The molecule has 9 heteroatoms. The Balaban J connectivity index is 1.54. The van der Waals surface area contributed by atoms with Gasteiger partial charge in [0.2, 0.25) is 0 Å². The fourth-order valence-corrected chi connectivity index (χ4v) is 2.86. The molecule has 0 saturated carbocycles. The molecule has 1 aliphatic heterocycles. The summed E-state index contributed by atoms with van der Waals surface area (Å²) in [4.78, 5) is 32.5. The third-order valence-electron chi connectivity index (χ3n) is 4.24. The smallest absolute Gasteiger partial charge is 0.410 e. The average Bonchev–Trinajstić information content (AvgIpc) is 3.05. The topological polar surface area (TPSA) is 92.6 Å². The summed E-state index contributed by atoms with van der Waals surface area (Å²) in [5.41, 5.74) is 1.38. The Morgan fingerprint density at radius 2 is 1.82 bits per heavy atom. The van der Waals surface area contributed by atoms with Gasteiger partial charge in [-0.2, -0.15) is 5.10 Å². The molecule has 150 valence electrons. The zero-order chi connectivity index (χ0) is 20.3. The summed E-state index contributed by atoms with van der Waals surface area (Å²) in [6, 6.07) is 3.57. The van der Waals surface area contributed by atoms with Crippen LogP contribution in [-0.4, -0.2) is 63.4 Å². The van der Waals surface area contributed by atoms with Gasteiger partial charge in [-0.1, -0.05) is 0 Å². The van der Waals surface area contributed by atoms with E-state index in [0.29, 0.717) is 37.6 Å². The Hall–Kier alpha value is -3.10. The number of anilines is 2. The molecular weight excluding hydrogens is 360 g/mol. The molecule has 2 aromatic rings. The SMILES string of the molecule is Cn1cc(NC(=O)c2ccc(N3CCN(C(=O)OC(C)(C)C)CC3)cn2)cn1. The predicted octanol–water partition coefficient (Wildman–Crippen LogP) is 2.12. The summed E-state index contributed by atoms with van der Waals surface area (Å²) in [6.45, 7) is 8.11. The van der Waals surface area contributed by atoms with Gasteiger partial charge >= 0.3 is 6.09 Å². The highest BCUT2D eigenvalue weighted by Gasteiger charge is 2.26. The minimum absolute atomic E-state index is 0.283. The summed E-state index contributed by atoms with van der Waals surface area (Å²) in [7, 11) is 1.78. The second kappa shape index (κ2) is 7.87. The van der Waals surface area contributed by atoms with Gasteiger partial charge < -0.3 is 19.9 Å². The van der Waals surface area contributed by atoms with Crippen molar-refractivity contribution < 1.29 is 14.3 Å². The molecule has 0 spiro atoms. The lowest BCUT2D eigenvalue weighted by Gasteiger charge is -2.36. The van der Waals surface area contributed by atoms with Crippen LogP contribution in [0.1, 0.15) is 31.3 Å². The van der Waals surface area contributed by atoms with Crippen molar-refractivity contribution in [2.75, 3.05) is 36.4 Å². The van der Waals surface area contributed by atoms with E-state index in [2.05, 4.69) is 20.3 Å². The molecule has 0 radical (unpaired) electrons. The van der Waals surface area contributed by atoms with Crippen molar-refractivity contribution in [3.63, 3.8) is 0 Å². The Morgan fingerprint density at radius 1 is 1.11 bits per heavy atom. The standard InChI is InChI=1S/C19H26N6O3/c1-19(2,3)28-18(27)25-9-7-24(8-10-25)15-5-6-16(20-12-15)17(26)22-14-11-21-23(4)13-14/h5-6,11-13H,7-10H2,1-4H3,(H,22,26). The first kappa shape index (κ1) is 19.7. The molecule has 0 aliphatic carbocycles. The lowest BCUT2D eigenvalue weighted by molar-refractivity contribution is 0.0240. The maximum Gasteiger partial charge on any atom is 0.410 e. The van der Waals surface area contributed by atoms with Gasteiger partial charge in [0.15, 0.2) is 0 Å². The van der Waals surface area contributed by atoms with Crippen molar-refractivity contribution in [1.29, 1.82) is 0 Å². The van der Waals surface area contributed by atoms with Gasteiger partial charge in [-0.25, -0.2) is 9.78 Å². The summed E-state index contributed by atoms with van der Waals surface area (Å²) >= 11 is 0. The number of carbonyl (C=O) groups excluding carboxylic acids is 2. The number of pyridine rings is 1. The van der Waals surface area contributed by atoms with Crippen molar-refractivity contribution in [3.05, 3.63) is 36.4 Å². The van der Waals surface area contributed by atoms with Crippen LogP contribution in [-0.2, 0) is 11.8 Å². The summed E-state index contributed by atoms with van der Waals surface area (Å²) in [6.07, 6.45) is 4.70. The van der Waals surface area contributed by atoms with Crippen LogP contribution < -0.4 is 10.2 Å². The van der Waals surface area contributed by atoms with Gasteiger partial charge in [0.05, 0.1) is 23.8 Å². The Bertz CT molecular complexity index is 832. The van der Waals surface area contributed by atoms with E-state index < -0.39 is 5.60 Å². The van der Waals surface area contributed by atoms with Gasteiger partial charge in [-0.05, 0) is 32.9 Å². The van der Waals surface area contributed by atoms with Crippen molar-refractivity contribution in [2.24, 2.45) is 7.05 Å². The molecule has 3 heterocycles. The van der Waals surface area contributed by atoms with Crippen LogP contribution in [0.25, 0.3) is 0 Å². The molecule has 28 heavy (non-hydrogen) atoms. The first-order valence-electron chi connectivity index (χ1n) is 9.20. The van der Waals surface area contributed by atoms with Crippen LogP contribution in [0, 0.1) is 0 Å². The average molecular weight is 386 g/mol. The molecule has 1 saturated heterocycles. The quantitative estimate of drug-likeness (QED) is 0.869. The monoisotopic (exact) mass is 386 g/mol. The van der Waals surface area contributed by atoms with E-state index in [-0.39, 0.29) is 12.0 Å². The number of aryl methyl sites for hydroxylation is 1. The van der Waals surface area contributed by atoms with E-state index in [0.717, 1.165) is 5.69 Å². The van der Waals surface area contributed by atoms with E-state index in [1.807, 2.05) is 26.8 Å².